The number of nitrogens with zero attached hydrogens (tertiary/aromatic N) is 1. The highest BCUT2D eigenvalue weighted by atomic mass is 16.5. The molecule has 1 fully saturated rings. The van der Waals surface area contributed by atoms with Gasteiger partial charge in [0.25, 0.3) is 0 Å². The Morgan fingerprint density at radius 2 is 1.97 bits per heavy atom. The van der Waals surface area contributed by atoms with E-state index in [-0.39, 0.29) is 5.41 Å². The summed E-state index contributed by atoms with van der Waals surface area (Å²) in [6.45, 7) is 7.96. The van der Waals surface area contributed by atoms with Gasteiger partial charge in [0.2, 0.25) is 0 Å². The molecular weight excluding hydrogens is 402 g/mol. The molecule has 1 spiro atoms. The number of benzene rings is 2. The van der Waals surface area contributed by atoms with Gasteiger partial charge in [-0.3, -0.25) is 4.90 Å². The van der Waals surface area contributed by atoms with Gasteiger partial charge in [0.05, 0.1) is 19.8 Å². The van der Waals surface area contributed by atoms with E-state index in [1.54, 1.807) is 14.2 Å². The molecule has 0 aliphatic carbocycles. The third-order valence-corrected chi connectivity index (χ3v) is 6.99. The van der Waals surface area contributed by atoms with Crippen molar-refractivity contribution in [2.75, 3.05) is 52.4 Å². The summed E-state index contributed by atoms with van der Waals surface area (Å²) >= 11 is 0. The van der Waals surface area contributed by atoms with Crippen LogP contribution in [0.2, 0.25) is 0 Å². The van der Waals surface area contributed by atoms with Crippen LogP contribution in [-0.4, -0.2) is 58.2 Å². The van der Waals surface area contributed by atoms with E-state index in [2.05, 4.69) is 47.5 Å². The molecule has 172 valence electrons. The van der Waals surface area contributed by atoms with E-state index in [1.165, 1.54) is 28.5 Å². The lowest BCUT2D eigenvalue weighted by Gasteiger charge is -2.38. The Morgan fingerprint density at radius 3 is 2.69 bits per heavy atom. The SMILES string of the molecule is COCCNc1ccc(CN2CCC3(CC2)COc2c3ccc(COC)c2C)cc1C=N. The van der Waals surface area contributed by atoms with Gasteiger partial charge in [-0.15, -0.1) is 0 Å². The first-order valence-electron chi connectivity index (χ1n) is 11.4. The molecule has 4 rings (SSSR count). The van der Waals surface area contributed by atoms with Gasteiger partial charge in [0.1, 0.15) is 5.75 Å². The lowest BCUT2D eigenvalue weighted by Crippen LogP contribution is -2.43. The van der Waals surface area contributed by atoms with Crippen LogP contribution in [0.15, 0.2) is 30.3 Å². The number of likely N-dealkylation sites (tertiary alicyclic amines) is 1. The fourth-order valence-corrected chi connectivity index (χ4v) is 5.03. The van der Waals surface area contributed by atoms with Crippen LogP contribution in [0.4, 0.5) is 5.69 Å². The summed E-state index contributed by atoms with van der Waals surface area (Å²) in [6.07, 6.45) is 3.64. The number of ether oxygens (including phenoxy) is 3. The van der Waals surface area contributed by atoms with Gasteiger partial charge >= 0.3 is 0 Å². The van der Waals surface area contributed by atoms with Crippen molar-refractivity contribution in [2.24, 2.45) is 0 Å². The normalized spacial score (nSPS) is 17.2. The smallest absolute Gasteiger partial charge is 0.126 e. The second-order valence-electron chi connectivity index (χ2n) is 8.99. The maximum Gasteiger partial charge on any atom is 0.126 e. The summed E-state index contributed by atoms with van der Waals surface area (Å²) in [4.78, 5) is 2.52. The lowest BCUT2D eigenvalue weighted by molar-refractivity contribution is 0.130. The lowest BCUT2D eigenvalue weighted by atomic mass is 9.74. The second kappa shape index (κ2) is 10.0. The standard InChI is InChI=1S/C26H35N3O3/c1-19-21(17-31-3)5-6-23-25(19)32-18-26(23)8-11-29(12-9-26)16-20-4-7-24(22(14-20)15-27)28-10-13-30-2/h4-7,14-15,27-28H,8-13,16-18H2,1-3H3. The van der Waals surface area contributed by atoms with Gasteiger partial charge in [0, 0.05) is 55.8 Å². The molecule has 2 aromatic carbocycles. The molecular formula is C26H35N3O3. The summed E-state index contributed by atoms with van der Waals surface area (Å²) in [5, 5.41) is 11.1. The molecule has 0 unspecified atom stereocenters. The molecule has 0 aromatic heterocycles. The van der Waals surface area contributed by atoms with Crippen LogP contribution >= 0.6 is 0 Å². The van der Waals surface area contributed by atoms with Gasteiger partial charge in [-0.1, -0.05) is 18.2 Å². The van der Waals surface area contributed by atoms with E-state index in [4.69, 9.17) is 19.6 Å². The molecule has 0 bridgehead atoms. The van der Waals surface area contributed by atoms with Crippen LogP contribution in [-0.2, 0) is 28.0 Å². The monoisotopic (exact) mass is 437 g/mol. The molecule has 1 saturated heterocycles. The summed E-state index contributed by atoms with van der Waals surface area (Å²) in [5.41, 5.74) is 7.11. The number of nitrogens with one attached hydrogen (secondary N) is 2. The molecule has 2 aromatic rings. The van der Waals surface area contributed by atoms with Gasteiger partial charge in [-0.2, -0.15) is 0 Å². The Bertz CT molecular complexity index is 952. The molecule has 2 heterocycles. The molecule has 0 saturated carbocycles. The van der Waals surface area contributed by atoms with E-state index >= 15 is 0 Å². The van der Waals surface area contributed by atoms with Crippen LogP contribution in [0.1, 0.15) is 40.7 Å². The van der Waals surface area contributed by atoms with E-state index in [0.29, 0.717) is 13.2 Å². The van der Waals surface area contributed by atoms with Crippen molar-refractivity contribution in [3.05, 3.63) is 58.1 Å². The van der Waals surface area contributed by atoms with Crippen molar-refractivity contribution in [3.8, 4) is 5.75 Å². The van der Waals surface area contributed by atoms with Gasteiger partial charge in [0.15, 0.2) is 0 Å². The first kappa shape index (κ1) is 22.8. The number of hydrogen-bond acceptors (Lipinski definition) is 6. The first-order chi connectivity index (χ1) is 15.6. The number of fused-ring (bicyclic) bond motifs is 2. The topological polar surface area (TPSA) is 66.8 Å². The summed E-state index contributed by atoms with van der Waals surface area (Å²) in [7, 11) is 3.43. The molecule has 0 radical (unpaired) electrons. The van der Waals surface area contributed by atoms with E-state index < -0.39 is 0 Å². The number of methoxy groups -OCH3 is 2. The van der Waals surface area contributed by atoms with Crippen molar-refractivity contribution in [2.45, 2.75) is 38.3 Å². The number of anilines is 1. The molecule has 32 heavy (non-hydrogen) atoms. The van der Waals surface area contributed by atoms with E-state index in [1.807, 2.05) is 0 Å². The first-order valence-corrected chi connectivity index (χ1v) is 11.4. The molecule has 2 N–H and O–H groups in total. The van der Waals surface area contributed by atoms with Crippen molar-refractivity contribution >= 4 is 11.9 Å². The van der Waals surface area contributed by atoms with Crippen LogP contribution in [0.5, 0.6) is 5.75 Å². The Labute approximate surface area is 191 Å². The van der Waals surface area contributed by atoms with Gasteiger partial charge in [-0.05, 0) is 61.7 Å². The minimum Gasteiger partial charge on any atom is -0.492 e. The minimum absolute atomic E-state index is 0.136. The Balaban J connectivity index is 1.40. The number of rotatable bonds is 9. The summed E-state index contributed by atoms with van der Waals surface area (Å²) in [5.74, 6) is 1.08. The zero-order valence-electron chi connectivity index (χ0n) is 19.5. The fourth-order valence-electron chi connectivity index (χ4n) is 5.03. The fraction of sp³-hybridized carbons (Fsp3) is 0.500. The largest absolute Gasteiger partial charge is 0.492 e. The molecule has 6 heteroatoms. The van der Waals surface area contributed by atoms with E-state index in [9.17, 15) is 0 Å². The Hall–Kier alpha value is -2.41. The second-order valence-corrected chi connectivity index (χ2v) is 8.99. The zero-order chi connectivity index (χ0) is 22.6. The third-order valence-electron chi connectivity index (χ3n) is 6.99. The maximum absolute atomic E-state index is 7.79. The average Bonchev–Trinajstić information content (AvgIpc) is 3.17. The number of piperidine rings is 1. The quantitative estimate of drug-likeness (QED) is 0.456. The van der Waals surface area contributed by atoms with Gasteiger partial charge < -0.3 is 24.9 Å². The molecule has 0 atom stereocenters. The van der Waals surface area contributed by atoms with Crippen molar-refractivity contribution in [1.29, 1.82) is 5.41 Å². The molecule has 2 aliphatic heterocycles. The average molecular weight is 438 g/mol. The van der Waals surface area contributed by atoms with Crippen LogP contribution in [0.3, 0.4) is 0 Å². The van der Waals surface area contributed by atoms with Crippen LogP contribution in [0.25, 0.3) is 0 Å². The predicted molar refractivity (Wildman–Crippen MR) is 128 cm³/mol. The van der Waals surface area contributed by atoms with E-state index in [0.717, 1.165) is 62.6 Å². The zero-order valence-corrected chi connectivity index (χ0v) is 19.5. The van der Waals surface area contributed by atoms with Crippen molar-refractivity contribution < 1.29 is 14.2 Å². The number of hydrogen-bond donors (Lipinski definition) is 2. The highest BCUT2D eigenvalue weighted by Gasteiger charge is 2.43. The Morgan fingerprint density at radius 1 is 1.16 bits per heavy atom. The van der Waals surface area contributed by atoms with Gasteiger partial charge in [-0.25, -0.2) is 0 Å². The maximum atomic E-state index is 7.79. The highest BCUT2D eigenvalue weighted by molar-refractivity contribution is 5.86. The highest BCUT2D eigenvalue weighted by Crippen LogP contribution is 2.47. The van der Waals surface area contributed by atoms with Crippen molar-refractivity contribution in [1.82, 2.24) is 4.90 Å². The Kier molecular flexibility index (Phi) is 7.13. The summed E-state index contributed by atoms with van der Waals surface area (Å²) < 4.78 is 16.7. The predicted octanol–water partition coefficient (Wildman–Crippen LogP) is 4.12. The summed E-state index contributed by atoms with van der Waals surface area (Å²) in [6, 6.07) is 10.9. The molecule has 6 nitrogen and oxygen atoms in total. The van der Waals surface area contributed by atoms with Crippen LogP contribution < -0.4 is 10.1 Å². The van der Waals surface area contributed by atoms with Crippen molar-refractivity contribution in [3.63, 3.8) is 0 Å². The minimum atomic E-state index is 0.136. The third kappa shape index (κ3) is 4.53. The molecule has 0 amide bonds. The molecule has 2 aliphatic rings. The van der Waals surface area contributed by atoms with Crippen LogP contribution in [0, 0.1) is 12.3 Å².